The molecule has 1 aromatic heterocycles. The summed E-state index contributed by atoms with van der Waals surface area (Å²) in [4.78, 5) is 54.2. The van der Waals surface area contributed by atoms with Crippen LogP contribution < -0.4 is 0 Å². The third kappa shape index (κ3) is 5.55. The smallest absolute Gasteiger partial charge is 0.228 e. The first-order chi connectivity index (χ1) is 21.7. The molecular formula is C36H28BrN3O5. The van der Waals surface area contributed by atoms with Crippen LogP contribution in [0.3, 0.4) is 0 Å². The number of ether oxygens (including phenoxy) is 1. The van der Waals surface area contributed by atoms with E-state index in [-0.39, 0.29) is 47.5 Å². The quantitative estimate of drug-likeness (QED) is 0.183. The lowest BCUT2D eigenvalue weighted by Gasteiger charge is -2.26. The monoisotopic (exact) mass is 661 g/mol. The van der Waals surface area contributed by atoms with Gasteiger partial charge in [0, 0.05) is 37.9 Å². The van der Waals surface area contributed by atoms with Gasteiger partial charge in [-0.25, -0.2) is 4.68 Å². The van der Waals surface area contributed by atoms with Crippen molar-refractivity contribution in [2.24, 2.45) is 0 Å². The second-order valence-electron chi connectivity index (χ2n) is 11.2. The Morgan fingerprint density at radius 1 is 0.822 bits per heavy atom. The second-order valence-corrected chi connectivity index (χ2v) is 12.1. The molecule has 45 heavy (non-hydrogen) atoms. The van der Waals surface area contributed by atoms with Crippen molar-refractivity contribution in [3.05, 3.63) is 151 Å². The molecule has 9 heteroatoms. The van der Waals surface area contributed by atoms with Gasteiger partial charge < -0.3 is 4.74 Å². The Morgan fingerprint density at radius 3 is 2.02 bits per heavy atom. The maximum atomic E-state index is 13.9. The summed E-state index contributed by atoms with van der Waals surface area (Å²) in [7, 11) is 0. The van der Waals surface area contributed by atoms with E-state index in [1.54, 1.807) is 61.7 Å². The Hall–Kier alpha value is -5.02. The topological polar surface area (TPSA) is 108 Å². The summed E-state index contributed by atoms with van der Waals surface area (Å²) in [5.74, 6) is -1.11. The summed E-state index contributed by atoms with van der Waals surface area (Å²) in [6.07, 6.45) is 3.76. The minimum atomic E-state index is -0.763. The number of nitrogens with zero attached hydrogens (tertiary/aromatic N) is 3. The Bertz CT molecular complexity index is 1990. The van der Waals surface area contributed by atoms with Crippen molar-refractivity contribution >= 4 is 39.1 Å². The second kappa shape index (κ2) is 12.2. The number of hydrogen-bond donors (Lipinski definition) is 0. The standard InChI is InChI=1S/C36H28BrN3O5/c1-20(2)12-17-29-33(42)26-9-5-7-11-28(26)35(44)36(29)45-19-24-18-40(39-38-24)31(22-13-15-23(37)16-14-22)30-21(3)32(41)25-8-4-6-10-27(25)34(30)43/h4-16,18,31H,17,19H2,1-3H3. The number of ketones is 4. The number of carbonyl (C=O) groups excluding carboxylic acids is 4. The molecule has 0 N–H and O–H groups in total. The first-order valence-electron chi connectivity index (χ1n) is 14.4. The number of rotatable bonds is 8. The molecule has 2 aliphatic rings. The van der Waals surface area contributed by atoms with Gasteiger partial charge >= 0.3 is 0 Å². The van der Waals surface area contributed by atoms with E-state index in [1.165, 1.54) is 4.68 Å². The highest BCUT2D eigenvalue weighted by atomic mass is 79.9. The summed E-state index contributed by atoms with van der Waals surface area (Å²) in [6, 6.07) is 20.2. The highest BCUT2D eigenvalue weighted by molar-refractivity contribution is 9.10. The van der Waals surface area contributed by atoms with Gasteiger partial charge in [-0.3, -0.25) is 19.2 Å². The molecule has 1 atom stereocenters. The number of hydrogen-bond acceptors (Lipinski definition) is 7. The molecule has 3 aromatic carbocycles. The first-order valence-corrected chi connectivity index (χ1v) is 15.2. The molecule has 0 fully saturated rings. The minimum absolute atomic E-state index is 0.0153. The van der Waals surface area contributed by atoms with Crippen LogP contribution in [0.1, 0.15) is 85.9 Å². The van der Waals surface area contributed by atoms with Gasteiger partial charge in [0.05, 0.1) is 11.8 Å². The minimum Gasteiger partial charge on any atom is -0.483 e. The van der Waals surface area contributed by atoms with Gasteiger partial charge in [-0.1, -0.05) is 93.5 Å². The number of fused-ring (bicyclic) bond motifs is 2. The molecule has 0 saturated heterocycles. The van der Waals surface area contributed by atoms with Crippen LogP contribution >= 0.6 is 15.9 Å². The Morgan fingerprint density at radius 2 is 1.40 bits per heavy atom. The molecular weight excluding hydrogens is 634 g/mol. The van der Waals surface area contributed by atoms with Gasteiger partial charge in [0.25, 0.3) is 0 Å². The Labute approximate surface area is 268 Å². The zero-order valence-electron chi connectivity index (χ0n) is 24.8. The van der Waals surface area contributed by atoms with Gasteiger partial charge in [0.1, 0.15) is 18.3 Å². The molecule has 2 aliphatic carbocycles. The van der Waals surface area contributed by atoms with Crippen LogP contribution in [0.2, 0.25) is 0 Å². The molecule has 0 saturated carbocycles. The lowest BCUT2D eigenvalue weighted by molar-refractivity contribution is 0.0853. The lowest BCUT2D eigenvalue weighted by Crippen LogP contribution is -2.28. The fourth-order valence-electron chi connectivity index (χ4n) is 5.65. The van der Waals surface area contributed by atoms with E-state index < -0.39 is 6.04 Å². The molecule has 4 aromatic rings. The maximum Gasteiger partial charge on any atom is 0.228 e. The van der Waals surface area contributed by atoms with Crippen LogP contribution in [0.5, 0.6) is 0 Å². The van der Waals surface area contributed by atoms with Crippen molar-refractivity contribution in [3.8, 4) is 0 Å². The van der Waals surface area contributed by atoms with Crippen molar-refractivity contribution in [1.29, 1.82) is 0 Å². The largest absolute Gasteiger partial charge is 0.483 e. The molecule has 8 nitrogen and oxygen atoms in total. The molecule has 0 aliphatic heterocycles. The van der Waals surface area contributed by atoms with Gasteiger partial charge in [-0.2, -0.15) is 0 Å². The van der Waals surface area contributed by atoms with E-state index in [0.29, 0.717) is 39.1 Å². The zero-order valence-corrected chi connectivity index (χ0v) is 26.4. The molecule has 0 amide bonds. The lowest BCUT2D eigenvalue weighted by atomic mass is 9.80. The normalized spacial score (nSPS) is 15.2. The van der Waals surface area contributed by atoms with E-state index in [9.17, 15) is 19.2 Å². The van der Waals surface area contributed by atoms with Crippen LogP contribution in [0.4, 0.5) is 0 Å². The summed E-state index contributed by atoms with van der Waals surface area (Å²) >= 11 is 3.46. The van der Waals surface area contributed by atoms with Crippen LogP contribution in [-0.4, -0.2) is 38.1 Å². The maximum absolute atomic E-state index is 13.9. The molecule has 1 heterocycles. The predicted molar refractivity (Wildman–Crippen MR) is 171 cm³/mol. The molecule has 0 radical (unpaired) electrons. The van der Waals surface area contributed by atoms with Crippen molar-refractivity contribution in [1.82, 2.24) is 15.0 Å². The van der Waals surface area contributed by atoms with Crippen molar-refractivity contribution in [2.75, 3.05) is 0 Å². The van der Waals surface area contributed by atoms with E-state index in [1.807, 2.05) is 44.2 Å². The molecule has 0 bridgehead atoms. The molecule has 1 unspecified atom stereocenters. The van der Waals surface area contributed by atoms with Gasteiger partial charge in [0.15, 0.2) is 23.1 Å². The summed E-state index contributed by atoms with van der Waals surface area (Å²) in [6.45, 7) is 5.35. The molecule has 0 spiro atoms. The fourth-order valence-corrected chi connectivity index (χ4v) is 5.91. The SMILES string of the molecule is CC(C)=CCC1=C(OCc2cn(C(C3=C(C)C(=O)c4ccccc4C3=O)c3ccc(Br)cc3)nn2)C(=O)c2ccccc2C1=O. The highest BCUT2D eigenvalue weighted by Crippen LogP contribution is 2.37. The number of Topliss-reactive ketones (excluding diaryl/α,β-unsaturated/α-hetero) is 4. The average molecular weight is 663 g/mol. The average Bonchev–Trinajstić information content (AvgIpc) is 3.51. The zero-order chi connectivity index (χ0) is 31.8. The number of benzene rings is 3. The predicted octanol–water partition coefficient (Wildman–Crippen LogP) is 7.23. The van der Waals surface area contributed by atoms with Gasteiger partial charge in [-0.05, 0) is 44.9 Å². The highest BCUT2D eigenvalue weighted by Gasteiger charge is 2.37. The van der Waals surface area contributed by atoms with Crippen LogP contribution in [-0.2, 0) is 11.3 Å². The van der Waals surface area contributed by atoms with Gasteiger partial charge in [0.2, 0.25) is 5.78 Å². The summed E-state index contributed by atoms with van der Waals surface area (Å²) < 4.78 is 8.43. The molecule has 224 valence electrons. The third-order valence-corrected chi connectivity index (χ3v) is 8.47. The van der Waals surface area contributed by atoms with E-state index >= 15 is 0 Å². The van der Waals surface area contributed by atoms with E-state index in [2.05, 4.69) is 26.2 Å². The number of halogens is 1. The Balaban J connectivity index is 1.37. The van der Waals surface area contributed by atoms with Crippen molar-refractivity contribution in [3.63, 3.8) is 0 Å². The number of aromatic nitrogens is 3. The van der Waals surface area contributed by atoms with Crippen LogP contribution in [0, 0.1) is 0 Å². The van der Waals surface area contributed by atoms with E-state index in [4.69, 9.17) is 4.74 Å². The molecule has 6 rings (SSSR count). The van der Waals surface area contributed by atoms with Crippen molar-refractivity contribution < 1.29 is 23.9 Å². The third-order valence-electron chi connectivity index (χ3n) is 7.94. The van der Waals surface area contributed by atoms with E-state index in [0.717, 1.165) is 15.6 Å². The van der Waals surface area contributed by atoms with Gasteiger partial charge in [-0.15, -0.1) is 5.10 Å². The summed E-state index contributed by atoms with van der Waals surface area (Å²) in [5, 5.41) is 8.64. The summed E-state index contributed by atoms with van der Waals surface area (Å²) in [5.41, 5.74) is 4.38. The number of carbonyl (C=O) groups is 4. The Kier molecular flexibility index (Phi) is 8.12. The van der Waals surface area contributed by atoms with Crippen LogP contribution in [0.15, 0.2) is 118 Å². The number of allylic oxidation sites excluding steroid dienone is 6. The van der Waals surface area contributed by atoms with Crippen LogP contribution in [0.25, 0.3) is 0 Å². The fraction of sp³-hybridized carbons (Fsp3) is 0.167. The first kappa shape index (κ1) is 30.0. The van der Waals surface area contributed by atoms with Crippen molar-refractivity contribution in [2.45, 2.75) is 39.8 Å².